The predicted molar refractivity (Wildman–Crippen MR) is 59.2 cm³/mol. The van der Waals surface area contributed by atoms with E-state index in [1.807, 2.05) is 6.92 Å². The number of rotatable bonds is 4. The maximum atomic E-state index is 11.6. The van der Waals surface area contributed by atoms with E-state index in [2.05, 4.69) is 5.32 Å². The van der Waals surface area contributed by atoms with Crippen LogP contribution in [0.1, 0.15) is 34.1 Å². The van der Waals surface area contributed by atoms with Crippen LogP contribution in [0.2, 0.25) is 0 Å². The molecule has 0 aliphatic rings. The third-order valence-corrected chi connectivity index (χ3v) is 2.06. The summed E-state index contributed by atoms with van der Waals surface area (Å²) in [6, 6.07) is 3.93. The van der Waals surface area contributed by atoms with Crippen molar-refractivity contribution in [2.45, 2.75) is 13.3 Å². The number of hydrogen-bond donors (Lipinski definition) is 3. The van der Waals surface area contributed by atoms with E-state index >= 15 is 0 Å². The van der Waals surface area contributed by atoms with Gasteiger partial charge in [-0.25, -0.2) is 0 Å². The lowest BCUT2D eigenvalue weighted by molar-refractivity contribution is 0.0951. The van der Waals surface area contributed by atoms with Gasteiger partial charge in [-0.15, -0.1) is 0 Å². The van der Waals surface area contributed by atoms with E-state index in [9.17, 15) is 14.7 Å². The Morgan fingerprint density at radius 1 is 1.44 bits per heavy atom. The molecular weight excluding hydrogens is 208 g/mol. The minimum Gasteiger partial charge on any atom is -0.507 e. The molecule has 1 aromatic rings. The van der Waals surface area contributed by atoms with Crippen molar-refractivity contribution in [1.29, 1.82) is 0 Å². The average Bonchev–Trinajstić information content (AvgIpc) is 2.26. The maximum absolute atomic E-state index is 11.6. The molecule has 0 saturated heterocycles. The quantitative estimate of drug-likeness (QED) is 0.697. The van der Waals surface area contributed by atoms with Crippen LogP contribution in [0.3, 0.4) is 0 Å². The molecule has 2 amide bonds. The third-order valence-electron chi connectivity index (χ3n) is 2.06. The van der Waals surface area contributed by atoms with E-state index in [0.717, 1.165) is 6.42 Å². The normalized spacial score (nSPS) is 9.81. The number of aromatic hydroxyl groups is 1. The van der Waals surface area contributed by atoms with Gasteiger partial charge in [0.15, 0.2) is 0 Å². The lowest BCUT2D eigenvalue weighted by Gasteiger charge is -2.06. The Kier molecular flexibility index (Phi) is 3.88. The van der Waals surface area contributed by atoms with E-state index in [-0.39, 0.29) is 16.9 Å². The van der Waals surface area contributed by atoms with Gasteiger partial charge in [0.25, 0.3) is 5.91 Å². The number of phenolic OH excluding ortho intramolecular Hbond substituents is 1. The summed E-state index contributed by atoms with van der Waals surface area (Å²) >= 11 is 0. The molecule has 0 aliphatic carbocycles. The summed E-state index contributed by atoms with van der Waals surface area (Å²) in [6.45, 7) is 2.43. The molecule has 0 aliphatic heterocycles. The fraction of sp³-hybridized carbons (Fsp3) is 0.273. The predicted octanol–water partition coefficient (Wildman–Crippen LogP) is 0.631. The van der Waals surface area contributed by atoms with Gasteiger partial charge in [-0.1, -0.05) is 6.92 Å². The van der Waals surface area contributed by atoms with Crippen molar-refractivity contribution >= 4 is 11.8 Å². The van der Waals surface area contributed by atoms with Crippen molar-refractivity contribution in [3.63, 3.8) is 0 Å². The highest BCUT2D eigenvalue weighted by Crippen LogP contribution is 2.18. The van der Waals surface area contributed by atoms with Gasteiger partial charge in [-0.2, -0.15) is 0 Å². The van der Waals surface area contributed by atoms with Crippen LogP contribution in [0.25, 0.3) is 0 Å². The van der Waals surface area contributed by atoms with Crippen LogP contribution >= 0.6 is 0 Å². The molecule has 0 atom stereocenters. The molecule has 1 aromatic carbocycles. The fourth-order valence-electron chi connectivity index (χ4n) is 1.20. The number of amides is 2. The molecule has 4 N–H and O–H groups in total. The number of carbonyl (C=O) groups is 2. The van der Waals surface area contributed by atoms with Crippen molar-refractivity contribution in [1.82, 2.24) is 5.32 Å². The Balaban J connectivity index is 2.97. The highest BCUT2D eigenvalue weighted by Gasteiger charge is 2.12. The molecule has 16 heavy (non-hydrogen) atoms. The van der Waals surface area contributed by atoms with Crippen LogP contribution in [0.15, 0.2) is 18.2 Å². The molecule has 86 valence electrons. The Hall–Kier alpha value is -2.04. The van der Waals surface area contributed by atoms with Crippen LogP contribution < -0.4 is 11.1 Å². The van der Waals surface area contributed by atoms with Crippen LogP contribution in [-0.2, 0) is 0 Å². The minimum absolute atomic E-state index is 0.0600. The van der Waals surface area contributed by atoms with Crippen molar-refractivity contribution in [2.75, 3.05) is 6.54 Å². The van der Waals surface area contributed by atoms with Crippen molar-refractivity contribution in [3.8, 4) is 5.75 Å². The lowest BCUT2D eigenvalue weighted by atomic mass is 10.1. The molecule has 0 aromatic heterocycles. The smallest absolute Gasteiger partial charge is 0.255 e. The first-order valence-corrected chi connectivity index (χ1v) is 4.97. The van der Waals surface area contributed by atoms with E-state index in [1.165, 1.54) is 18.2 Å². The first-order chi connectivity index (χ1) is 7.56. The topological polar surface area (TPSA) is 92.4 Å². The van der Waals surface area contributed by atoms with Gasteiger partial charge in [0.2, 0.25) is 5.91 Å². The zero-order chi connectivity index (χ0) is 12.1. The van der Waals surface area contributed by atoms with Crippen LogP contribution in [-0.4, -0.2) is 23.5 Å². The Labute approximate surface area is 93.3 Å². The first kappa shape index (κ1) is 12.0. The molecular formula is C11H14N2O3. The van der Waals surface area contributed by atoms with Crippen molar-refractivity contribution in [2.24, 2.45) is 5.73 Å². The third kappa shape index (κ3) is 2.73. The number of nitrogens with one attached hydrogen (secondary N) is 1. The summed E-state index contributed by atoms with van der Waals surface area (Å²) in [5, 5.41) is 12.1. The van der Waals surface area contributed by atoms with Crippen molar-refractivity contribution < 1.29 is 14.7 Å². The molecule has 0 spiro atoms. The highest BCUT2D eigenvalue weighted by molar-refractivity contribution is 6.00. The first-order valence-electron chi connectivity index (χ1n) is 4.97. The summed E-state index contributed by atoms with van der Waals surface area (Å²) in [6.07, 6.45) is 0.794. The van der Waals surface area contributed by atoms with Crippen LogP contribution in [0, 0.1) is 0 Å². The van der Waals surface area contributed by atoms with Gasteiger partial charge in [-0.3, -0.25) is 9.59 Å². The molecule has 5 heteroatoms. The molecule has 0 radical (unpaired) electrons. The van der Waals surface area contributed by atoms with E-state index in [4.69, 9.17) is 5.73 Å². The number of benzene rings is 1. The Morgan fingerprint density at radius 2 is 2.12 bits per heavy atom. The molecule has 5 nitrogen and oxygen atoms in total. The second kappa shape index (κ2) is 5.16. The minimum atomic E-state index is -0.635. The van der Waals surface area contributed by atoms with E-state index in [0.29, 0.717) is 6.54 Å². The van der Waals surface area contributed by atoms with Gasteiger partial charge in [0.05, 0.1) is 5.56 Å². The summed E-state index contributed by atoms with van der Waals surface area (Å²) in [4.78, 5) is 22.5. The monoisotopic (exact) mass is 222 g/mol. The van der Waals surface area contributed by atoms with Gasteiger partial charge in [0, 0.05) is 12.1 Å². The zero-order valence-corrected chi connectivity index (χ0v) is 8.99. The van der Waals surface area contributed by atoms with Gasteiger partial charge in [0.1, 0.15) is 5.75 Å². The van der Waals surface area contributed by atoms with Gasteiger partial charge >= 0.3 is 0 Å². The highest BCUT2D eigenvalue weighted by atomic mass is 16.3. The standard InChI is InChI=1S/C11H14N2O3/c1-2-5-13-11(16)8-6-7(10(12)15)3-4-9(8)14/h3-4,6,14H,2,5H2,1H3,(H2,12,15)(H,13,16). The lowest BCUT2D eigenvalue weighted by Crippen LogP contribution is -2.24. The Morgan fingerprint density at radius 3 is 2.69 bits per heavy atom. The zero-order valence-electron chi connectivity index (χ0n) is 8.99. The van der Waals surface area contributed by atoms with E-state index < -0.39 is 11.8 Å². The van der Waals surface area contributed by atoms with Crippen LogP contribution in [0.4, 0.5) is 0 Å². The van der Waals surface area contributed by atoms with Gasteiger partial charge < -0.3 is 16.2 Å². The summed E-state index contributed by atoms with van der Waals surface area (Å²) in [7, 11) is 0. The van der Waals surface area contributed by atoms with Crippen LogP contribution in [0.5, 0.6) is 5.75 Å². The maximum Gasteiger partial charge on any atom is 0.255 e. The molecule has 0 fully saturated rings. The molecule has 0 heterocycles. The molecule has 0 unspecified atom stereocenters. The van der Waals surface area contributed by atoms with Gasteiger partial charge in [-0.05, 0) is 24.6 Å². The number of nitrogens with two attached hydrogens (primary N) is 1. The number of primary amides is 1. The van der Waals surface area contributed by atoms with Crippen molar-refractivity contribution in [3.05, 3.63) is 29.3 Å². The number of carbonyl (C=O) groups excluding carboxylic acids is 2. The largest absolute Gasteiger partial charge is 0.507 e. The molecule has 0 saturated carbocycles. The fourth-order valence-corrected chi connectivity index (χ4v) is 1.20. The molecule has 0 bridgehead atoms. The molecule has 1 rings (SSSR count). The SMILES string of the molecule is CCCNC(=O)c1cc(C(N)=O)ccc1O. The summed E-state index contributed by atoms with van der Waals surface area (Å²) in [5.41, 5.74) is 5.33. The second-order valence-electron chi connectivity index (χ2n) is 3.35. The number of phenols is 1. The number of hydrogen-bond acceptors (Lipinski definition) is 3. The average molecular weight is 222 g/mol. The second-order valence-corrected chi connectivity index (χ2v) is 3.35. The summed E-state index contributed by atoms with van der Waals surface area (Å²) < 4.78 is 0. The summed E-state index contributed by atoms with van der Waals surface area (Å²) in [5.74, 6) is -1.22. The van der Waals surface area contributed by atoms with E-state index in [1.54, 1.807) is 0 Å². The Bertz CT molecular complexity index is 416.